The number of methoxy groups -OCH3 is 1. The van der Waals surface area contributed by atoms with Crippen LogP contribution >= 0.6 is 0 Å². The zero-order valence-electron chi connectivity index (χ0n) is 13.4. The molecule has 0 aliphatic carbocycles. The average Bonchev–Trinajstić information content (AvgIpc) is 2.60. The number of amides is 1. The van der Waals surface area contributed by atoms with E-state index < -0.39 is 5.91 Å². The highest BCUT2D eigenvalue weighted by atomic mass is 16.5. The second-order valence-electron chi connectivity index (χ2n) is 4.96. The third-order valence-electron chi connectivity index (χ3n) is 3.28. The summed E-state index contributed by atoms with van der Waals surface area (Å²) in [6, 6.07) is 11.4. The molecule has 0 saturated heterocycles. The molecule has 2 rings (SSSR count). The number of Topliss-reactive ketones (excluding diaryl/α,β-unsaturated/α-hetero) is 1. The van der Waals surface area contributed by atoms with Crippen molar-refractivity contribution in [3.63, 3.8) is 0 Å². The third-order valence-corrected chi connectivity index (χ3v) is 3.28. The van der Waals surface area contributed by atoms with Crippen molar-refractivity contribution in [1.29, 1.82) is 0 Å². The lowest BCUT2D eigenvalue weighted by atomic mass is 10.1. The second kappa shape index (κ2) is 7.92. The molecule has 24 heavy (non-hydrogen) atoms. The maximum Gasteiger partial charge on any atom is 0.262 e. The Morgan fingerprint density at radius 1 is 1.17 bits per heavy atom. The molecule has 1 amide bonds. The van der Waals surface area contributed by atoms with Crippen molar-refractivity contribution in [3.05, 3.63) is 53.6 Å². The van der Waals surface area contributed by atoms with Gasteiger partial charge in [-0.15, -0.1) is 0 Å². The Hall–Kier alpha value is -3.15. The van der Waals surface area contributed by atoms with Crippen molar-refractivity contribution >= 4 is 23.7 Å². The van der Waals surface area contributed by atoms with Gasteiger partial charge in [-0.05, 0) is 37.3 Å². The van der Waals surface area contributed by atoms with Crippen LogP contribution in [0, 0.1) is 0 Å². The molecule has 0 saturated carbocycles. The van der Waals surface area contributed by atoms with Gasteiger partial charge in [0.1, 0.15) is 11.5 Å². The fourth-order valence-corrected chi connectivity index (χ4v) is 2.11. The number of carbonyl (C=O) groups is 3. The minimum atomic E-state index is -0.434. The van der Waals surface area contributed by atoms with E-state index in [0.717, 1.165) is 0 Å². The van der Waals surface area contributed by atoms with Crippen molar-refractivity contribution in [2.75, 3.05) is 19.0 Å². The molecule has 2 aromatic rings. The van der Waals surface area contributed by atoms with Gasteiger partial charge in [0.15, 0.2) is 18.7 Å². The summed E-state index contributed by atoms with van der Waals surface area (Å²) < 4.78 is 10.4. The van der Waals surface area contributed by atoms with E-state index in [2.05, 4.69) is 5.32 Å². The largest absolute Gasteiger partial charge is 0.497 e. The maximum atomic E-state index is 12.0. The zero-order chi connectivity index (χ0) is 17.5. The van der Waals surface area contributed by atoms with Gasteiger partial charge in [0.25, 0.3) is 5.91 Å². The van der Waals surface area contributed by atoms with E-state index in [0.29, 0.717) is 23.3 Å². The Morgan fingerprint density at radius 2 is 1.92 bits per heavy atom. The van der Waals surface area contributed by atoms with Gasteiger partial charge < -0.3 is 14.8 Å². The Morgan fingerprint density at radius 3 is 2.58 bits per heavy atom. The highest BCUT2D eigenvalue weighted by molar-refractivity contribution is 6.04. The first-order valence-electron chi connectivity index (χ1n) is 7.21. The molecule has 0 spiro atoms. The summed E-state index contributed by atoms with van der Waals surface area (Å²) in [6.07, 6.45) is 0.626. The molecule has 6 nitrogen and oxygen atoms in total. The lowest BCUT2D eigenvalue weighted by Gasteiger charge is -2.11. The molecule has 0 aromatic heterocycles. The van der Waals surface area contributed by atoms with Gasteiger partial charge in [-0.25, -0.2) is 0 Å². The van der Waals surface area contributed by atoms with E-state index in [9.17, 15) is 14.4 Å². The van der Waals surface area contributed by atoms with Crippen LogP contribution in [0.3, 0.4) is 0 Å². The second-order valence-corrected chi connectivity index (χ2v) is 4.96. The summed E-state index contributed by atoms with van der Waals surface area (Å²) in [7, 11) is 1.49. The molecule has 0 heterocycles. The molecule has 0 bridgehead atoms. The van der Waals surface area contributed by atoms with Crippen molar-refractivity contribution < 1.29 is 23.9 Å². The number of para-hydroxylation sites is 1. The van der Waals surface area contributed by atoms with Gasteiger partial charge in [-0.1, -0.05) is 12.1 Å². The quantitative estimate of drug-likeness (QED) is 0.624. The van der Waals surface area contributed by atoms with E-state index in [1.807, 2.05) is 0 Å². The van der Waals surface area contributed by atoms with E-state index in [1.165, 1.54) is 20.1 Å². The maximum absolute atomic E-state index is 12.0. The summed E-state index contributed by atoms with van der Waals surface area (Å²) in [5.74, 6) is 0.215. The van der Waals surface area contributed by atoms with Crippen molar-refractivity contribution in [3.8, 4) is 11.5 Å². The SMILES string of the molecule is COc1ccc(OCC(=O)Nc2ccccc2C(C)=O)c(C=O)c1. The van der Waals surface area contributed by atoms with E-state index in [-0.39, 0.29) is 23.7 Å². The molecule has 0 fully saturated rings. The standard InChI is InChI=1S/C18H17NO5/c1-12(21)15-5-3-4-6-16(15)19-18(22)11-24-17-8-7-14(23-2)9-13(17)10-20/h3-10H,11H2,1-2H3,(H,19,22). The van der Waals surface area contributed by atoms with Gasteiger partial charge in [-0.3, -0.25) is 14.4 Å². The minimum Gasteiger partial charge on any atom is -0.497 e. The number of ketones is 1. The molecule has 6 heteroatoms. The molecule has 0 atom stereocenters. The summed E-state index contributed by atoms with van der Waals surface area (Å²) in [5.41, 5.74) is 1.12. The van der Waals surface area contributed by atoms with Gasteiger partial charge >= 0.3 is 0 Å². The molecule has 0 aliphatic heterocycles. The van der Waals surface area contributed by atoms with Crippen LogP contribution in [0.1, 0.15) is 27.6 Å². The van der Waals surface area contributed by atoms with Crippen LogP contribution in [0.4, 0.5) is 5.69 Å². The van der Waals surface area contributed by atoms with Gasteiger partial charge in [0.2, 0.25) is 0 Å². The van der Waals surface area contributed by atoms with Crippen LogP contribution in [0.15, 0.2) is 42.5 Å². The number of anilines is 1. The van der Waals surface area contributed by atoms with Crippen LogP contribution in [0.5, 0.6) is 11.5 Å². The first-order chi connectivity index (χ1) is 11.5. The Bertz CT molecular complexity index is 770. The molecule has 1 N–H and O–H groups in total. The molecule has 124 valence electrons. The number of ether oxygens (including phenoxy) is 2. The van der Waals surface area contributed by atoms with E-state index >= 15 is 0 Å². The van der Waals surface area contributed by atoms with Gasteiger partial charge in [0.05, 0.1) is 18.4 Å². The summed E-state index contributed by atoms with van der Waals surface area (Å²) in [5, 5.41) is 2.62. The topological polar surface area (TPSA) is 81.7 Å². The smallest absolute Gasteiger partial charge is 0.262 e. The fourth-order valence-electron chi connectivity index (χ4n) is 2.11. The number of benzene rings is 2. The normalized spacial score (nSPS) is 9.92. The third kappa shape index (κ3) is 4.19. The van der Waals surface area contributed by atoms with Crippen molar-refractivity contribution in [2.45, 2.75) is 6.92 Å². The Kier molecular flexibility index (Phi) is 5.68. The molecule has 0 unspecified atom stereocenters. The summed E-state index contributed by atoms with van der Waals surface area (Å²) >= 11 is 0. The molecule has 0 radical (unpaired) electrons. The predicted molar refractivity (Wildman–Crippen MR) is 89.0 cm³/mol. The van der Waals surface area contributed by atoms with Crippen LogP contribution in [0.25, 0.3) is 0 Å². The molecule has 0 aliphatic rings. The van der Waals surface area contributed by atoms with Crippen LogP contribution in [-0.2, 0) is 4.79 Å². The van der Waals surface area contributed by atoms with Crippen molar-refractivity contribution in [2.24, 2.45) is 0 Å². The number of aldehydes is 1. The first-order valence-corrected chi connectivity index (χ1v) is 7.21. The highest BCUT2D eigenvalue weighted by Gasteiger charge is 2.11. The zero-order valence-corrected chi connectivity index (χ0v) is 13.4. The molecule has 2 aromatic carbocycles. The number of hydrogen-bond donors (Lipinski definition) is 1. The predicted octanol–water partition coefficient (Wildman–Crippen LogP) is 2.73. The number of rotatable bonds is 7. The van der Waals surface area contributed by atoms with Crippen LogP contribution in [0.2, 0.25) is 0 Å². The Labute approximate surface area is 139 Å². The lowest BCUT2D eigenvalue weighted by molar-refractivity contribution is -0.118. The number of hydrogen-bond acceptors (Lipinski definition) is 5. The Balaban J connectivity index is 2.04. The van der Waals surface area contributed by atoms with E-state index in [4.69, 9.17) is 9.47 Å². The number of nitrogens with one attached hydrogen (secondary N) is 1. The summed E-state index contributed by atoms with van der Waals surface area (Å²) in [6.45, 7) is 1.13. The lowest BCUT2D eigenvalue weighted by Crippen LogP contribution is -2.21. The molecular weight excluding hydrogens is 310 g/mol. The molecular formula is C18H17NO5. The van der Waals surface area contributed by atoms with Crippen LogP contribution < -0.4 is 14.8 Å². The highest BCUT2D eigenvalue weighted by Crippen LogP contribution is 2.23. The van der Waals surface area contributed by atoms with Crippen molar-refractivity contribution in [1.82, 2.24) is 0 Å². The van der Waals surface area contributed by atoms with Gasteiger partial charge in [-0.2, -0.15) is 0 Å². The minimum absolute atomic E-state index is 0.148. The first kappa shape index (κ1) is 17.2. The van der Waals surface area contributed by atoms with Gasteiger partial charge in [0, 0.05) is 5.56 Å². The van der Waals surface area contributed by atoms with E-state index in [1.54, 1.807) is 36.4 Å². The summed E-state index contributed by atoms with van der Waals surface area (Å²) in [4.78, 5) is 34.6. The average molecular weight is 327 g/mol. The monoisotopic (exact) mass is 327 g/mol. The van der Waals surface area contributed by atoms with Crippen LogP contribution in [-0.4, -0.2) is 31.7 Å². The fraction of sp³-hybridized carbons (Fsp3) is 0.167. The number of carbonyl (C=O) groups excluding carboxylic acids is 3.